The molecule has 1 aliphatic rings. The summed E-state index contributed by atoms with van der Waals surface area (Å²) in [6, 6.07) is 6.59. The van der Waals surface area contributed by atoms with Crippen molar-refractivity contribution in [3.8, 4) is 6.07 Å². The Morgan fingerprint density at radius 3 is 2.60 bits per heavy atom. The van der Waals surface area contributed by atoms with Gasteiger partial charge in [0.1, 0.15) is 11.9 Å². The molecule has 1 fully saturated rings. The lowest BCUT2D eigenvalue weighted by Crippen LogP contribution is -2.41. The van der Waals surface area contributed by atoms with E-state index in [2.05, 4.69) is 4.90 Å². The SMILES string of the molecule is CC(C)(O)C1CCN(Cc2ccc(F)c(C#N)c2)CC1. The summed E-state index contributed by atoms with van der Waals surface area (Å²) < 4.78 is 13.3. The number of likely N-dealkylation sites (tertiary alicyclic amines) is 1. The molecular formula is C16H21FN2O. The molecule has 1 aromatic carbocycles. The second kappa shape index (κ2) is 5.90. The van der Waals surface area contributed by atoms with Crippen LogP contribution in [0, 0.1) is 23.1 Å². The Bertz CT molecular complexity index is 508. The molecule has 4 heteroatoms. The Morgan fingerprint density at radius 1 is 1.40 bits per heavy atom. The van der Waals surface area contributed by atoms with Crippen LogP contribution in [0.5, 0.6) is 0 Å². The highest BCUT2D eigenvalue weighted by Crippen LogP contribution is 2.28. The van der Waals surface area contributed by atoms with Crippen LogP contribution in [0.2, 0.25) is 0 Å². The first-order valence-corrected chi connectivity index (χ1v) is 7.03. The van der Waals surface area contributed by atoms with Gasteiger partial charge in [0.15, 0.2) is 0 Å². The Kier molecular flexibility index (Phi) is 4.42. The summed E-state index contributed by atoms with van der Waals surface area (Å²) in [5.74, 6) is -0.126. The van der Waals surface area contributed by atoms with Crippen LogP contribution in [0.4, 0.5) is 4.39 Å². The molecule has 1 heterocycles. The Labute approximate surface area is 119 Å². The summed E-state index contributed by atoms with van der Waals surface area (Å²) in [5.41, 5.74) is 0.453. The highest BCUT2D eigenvalue weighted by atomic mass is 19.1. The quantitative estimate of drug-likeness (QED) is 0.923. The number of nitriles is 1. The van der Waals surface area contributed by atoms with Gasteiger partial charge in [0.05, 0.1) is 11.2 Å². The first kappa shape index (κ1) is 15.0. The van der Waals surface area contributed by atoms with Gasteiger partial charge in [-0.15, -0.1) is 0 Å². The Morgan fingerprint density at radius 2 is 2.05 bits per heavy atom. The van der Waals surface area contributed by atoms with E-state index in [1.165, 1.54) is 6.07 Å². The van der Waals surface area contributed by atoms with Crippen LogP contribution < -0.4 is 0 Å². The fourth-order valence-electron chi connectivity index (χ4n) is 2.81. The highest BCUT2D eigenvalue weighted by molar-refractivity contribution is 5.34. The molecule has 0 spiro atoms. The van der Waals surface area contributed by atoms with Gasteiger partial charge in [-0.2, -0.15) is 5.26 Å². The third kappa shape index (κ3) is 3.56. The molecular weight excluding hydrogens is 255 g/mol. The molecule has 0 saturated carbocycles. The molecule has 0 atom stereocenters. The minimum Gasteiger partial charge on any atom is -0.390 e. The van der Waals surface area contributed by atoms with Crippen LogP contribution in [0.1, 0.15) is 37.8 Å². The maximum atomic E-state index is 13.3. The van der Waals surface area contributed by atoms with Crippen LogP contribution >= 0.6 is 0 Å². The van der Waals surface area contributed by atoms with E-state index in [4.69, 9.17) is 5.26 Å². The van der Waals surface area contributed by atoms with Gasteiger partial charge >= 0.3 is 0 Å². The summed E-state index contributed by atoms with van der Waals surface area (Å²) in [4.78, 5) is 2.29. The molecule has 0 aromatic heterocycles. The van der Waals surface area contributed by atoms with Crippen LogP contribution in [-0.4, -0.2) is 28.7 Å². The summed E-state index contributed by atoms with van der Waals surface area (Å²) in [6.07, 6.45) is 1.94. The lowest BCUT2D eigenvalue weighted by molar-refractivity contribution is -0.0136. The van der Waals surface area contributed by atoms with Crippen molar-refractivity contribution < 1.29 is 9.50 Å². The molecule has 1 aromatic rings. The molecule has 0 bridgehead atoms. The third-order valence-corrected chi connectivity index (χ3v) is 4.14. The van der Waals surface area contributed by atoms with Crippen molar-refractivity contribution in [1.29, 1.82) is 5.26 Å². The average Bonchev–Trinajstić information content (AvgIpc) is 2.40. The number of benzene rings is 1. The van der Waals surface area contributed by atoms with Crippen molar-refractivity contribution in [2.45, 2.75) is 38.8 Å². The van der Waals surface area contributed by atoms with E-state index in [9.17, 15) is 9.50 Å². The van der Waals surface area contributed by atoms with Gasteiger partial charge in [0.2, 0.25) is 0 Å². The summed E-state index contributed by atoms with van der Waals surface area (Å²) in [5, 5.41) is 18.9. The molecule has 0 radical (unpaired) electrons. The van der Waals surface area contributed by atoms with E-state index < -0.39 is 11.4 Å². The van der Waals surface area contributed by atoms with Gasteiger partial charge < -0.3 is 5.11 Å². The van der Waals surface area contributed by atoms with Crippen molar-refractivity contribution in [3.05, 3.63) is 35.1 Å². The normalized spacial score (nSPS) is 17.9. The number of aliphatic hydroxyl groups is 1. The van der Waals surface area contributed by atoms with E-state index in [-0.39, 0.29) is 5.56 Å². The smallest absolute Gasteiger partial charge is 0.140 e. The largest absolute Gasteiger partial charge is 0.390 e. The van der Waals surface area contributed by atoms with E-state index in [1.807, 2.05) is 19.9 Å². The van der Waals surface area contributed by atoms with E-state index >= 15 is 0 Å². The first-order valence-electron chi connectivity index (χ1n) is 7.03. The van der Waals surface area contributed by atoms with Crippen molar-refractivity contribution >= 4 is 0 Å². The molecule has 3 nitrogen and oxygen atoms in total. The number of halogens is 1. The number of hydrogen-bond acceptors (Lipinski definition) is 3. The topological polar surface area (TPSA) is 47.3 Å². The number of hydrogen-bond donors (Lipinski definition) is 1. The number of rotatable bonds is 3. The van der Waals surface area contributed by atoms with Gasteiger partial charge in [0.25, 0.3) is 0 Å². The highest BCUT2D eigenvalue weighted by Gasteiger charge is 2.30. The predicted octanol–water partition coefficient (Wildman–Crippen LogP) is 2.68. The zero-order chi connectivity index (χ0) is 14.8. The summed E-state index contributed by atoms with van der Waals surface area (Å²) in [6.45, 7) is 6.31. The van der Waals surface area contributed by atoms with Crippen molar-refractivity contribution in [2.75, 3.05) is 13.1 Å². The second-order valence-corrected chi connectivity index (χ2v) is 6.13. The predicted molar refractivity (Wildman–Crippen MR) is 75.4 cm³/mol. The fraction of sp³-hybridized carbons (Fsp3) is 0.562. The van der Waals surface area contributed by atoms with Crippen molar-refractivity contribution in [2.24, 2.45) is 5.92 Å². The summed E-state index contributed by atoms with van der Waals surface area (Å²) >= 11 is 0. The van der Waals surface area contributed by atoms with Crippen LogP contribution in [-0.2, 0) is 6.54 Å². The van der Waals surface area contributed by atoms with Gasteiger partial charge in [-0.3, -0.25) is 4.90 Å². The first-order chi connectivity index (χ1) is 9.40. The molecule has 0 aliphatic carbocycles. The molecule has 1 aliphatic heterocycles. The minimum absolute atomic E-state index is 0.105. The van der Waals surface area contributed by atoms with Crippen LogP contribution in [0.25, 0.3) is 0 Å². The van der Waals surface area contributed by atoms with E-state index in [0.717, 1.165) is 38.0 Å². The Balaban J connectivity index is 1.95. The van der Waals surface area contributed by atoms with Crippen molar-refractivity contribution in [3.63, 3.8) is 0 Å². The zero-order valence-electron chi connectivity index (χ0n) is 12.1. The molecule has 20 heavy (non-hydrogen) atoms. The zero-order valence-corrected chi connectivity index (χ0v) is 12.1. The monoisotopic (exact) mass is 276 g/mol. The maximum Gasteiger partial charge on any atom is 0.140 e. The standard InChI is InChI=1S/C16H21FN2O/c1-16(2,20)14-5-7-19(8-6-14)11-12-3-4-15(17)13(9-12)10-18/h3-4,9,14,20H,5-8,11H2,1-2H3. The molecule has 0 unspecified atom stereocenters. The van der Waals surface area contributed by atoms with E-state index in [0.29, 0.717) is 5.92 Å². The minimum atomic E-state index is -0.615. The number of nitrogens with zero attached hydrogens (tertiary/aromatic N) is 2. The van der Waals surface area contributed by atoms with Crippen molar-refractivity contribution in [1.82, 2.24) is 4.90 Å². The lowest BCUT2D eigenvalue weighted by Gasteiger charge is -2.37. The van der Waals surface area contributed by atoms with Crippen LogP contribution in [0.3, 0.4) is 0 Å². The lowest BCUT2D eigenvalue weighted by atomic mass is 9.83. The summed E-state index contributed by atoms with van der Waals surface area (Å²) in [7, 11) is 0. The fourth-order valence-corrected chi connectivity index (χ4v) is 2.81. The molecule has 108 valence electrons. The van der Waals surface area contributed by atoms with Gasteiger partial charge in [0, 0.05) is 6.54 Å². The third-order valence-electron chi connectivity index (χ3n) is 4.14. The Hall–Kier alpha value is -1.44. The molecule has 0 amide bonds. The van der Waals surface area contributed by atoms with Gasteiger partial charge in [-0.25, -0.2) is 4.39 Å². The number of piperidine rings is 1. The van der Waals surface area contributed by atoms with E-state index in [1.54, 1.807) is 12.1 Å². The average molecular weight is 276 g/mol. The van der Waals surface area contributed by atoms with Crippen LogP contribution in [0.15, 0.2) is 18.2 Å². The van der Waals surface area contributed by atoms with Gasteiger partial charge in [-0.05, 0) is 63.4 Å². The molecule has 2 rings (SSSR count). The maximum absolute atomic E-state index is 13.3. The second-order valence-electron chi connectivity index (χ2n) is 6.13. The van der Waals surface area contributed by atoms with Gasteiger partial charge in [-0.1, -0.05) is 6.07 Å². The molecule has 1 N–H and O–H groups in total. The molecule has 1 saturated heterocycles.